The molecule has 4 rings (SSSR count). The summed E-state index contributed by atoms with van der Waals surface area (Å²) in [6.07, 6.45) is 0.981. The average Bonchev–Trinajstić information content (AvgIpc) is 3.77. The average molecular weight is 827 g/mol. The number of aliphatic imine (C=N–C) groups is 1. The number of hydrogen-bond acceptors (Lipinski definition) is 9. The fourth-order valence-corrected chi connectivity index (χ4v) is 6.62. The number of carboxylic acid groups (broad SMARTS) is 1. The first-order chi connectivity index (χ1) is 28.8. The molecule has 1 saturated heterocycles. The Hall–Kier alpha value is -6.82. The summed E-state index contributed by atoms with van der Waals surface area (Å²) < 4.78 is 0. The third-order valence-corrected chi connectivity index (χ3v) is 9.72. The van der Waals surface area contributed by atoms with Gasteiger partial charge in [0.1, 0.15) is 30.2 Å². The highest BCUT2D eigenvalue weighted by atomic mass is 16.4. The van der Waals surface area contributed by atoms with Crippen molar-refractivity contribution >= 4 is 47.4 Å². The van der Waals surface area contributed by atoms with Crippen molar-refractivity contribution in [2.75, 3.05) is 13.1 Å². The van der Waals surface area contributed by atoms with Gasteiger partial charge in [0.15, 0.2) is 5.96 Å². The van der Waals surface area contributed by atoms with Gasteiger partial charge in [-0.2, -0.15) is 0 Å². The van der Waals surface area contributed by atoms with E-state index in [-0.39, 0.29) is 44.1 Å². The first-order valence-corrected chi connectivity index (χ1v) is 19.7. The number of rotatable bonds is 23. The lowest BCUT2D eigenvalue weighted by Crippen LogP contribution is -2.60. The molecule has 1 aliphatic rings. The van der Waals surface area contributed by atoms with Crippen molar-refractivity contribution < 1.29 is 38.7 Å². The van der Waals surface area contributed by atoms with E-state index < -0.39 is 78.2 Å². The summed E-state index contributed by atoms with van der Waals surface area (Å²) in [6, 6.07) is 18.8. The summed E-state index contributed by atoms with van der Waals surface area (Å²) in [7, 11) is 0. The molecule has 13 N–H and O–H groups in total. The Morgan fingerprint density at radius 2 is 1.05 bits per heavy atom. The minimum absolute atomic E-state index is 0.0123. The maximum absolute atomic E-state index is 14.3. The van der Waals surface area contributed by atoms with Gasteiger partial charge in [-0.1, -0.05) is 91.0 Å². The number of hydrogen-bond donors (Lipinski definition) is 10. The van der Waals surface area contributed by atoms with E-state index in [0.717, 1.165) is 6.42 Å². The van der Waals surface area contributed by atoms with Crippen LogP contribution in [0.2, 0.25) is 0 Å². The molecule has 0 spiro atoms. The maximum atomic E-state index is 14.3. The summed E-state index contributed by atoms with van der Waals surface area (Å²) in [4.78, 5) is 97.3. The van der Waals surface area contributed by atoms with E-state index >= 15 is 0 Å². The fraction of sp³-hybridized carbons (Fsp3) is 0.381. The van der Waals surface area contributed by atoms with E-state index in [1.807, 2.05) is 0 Å². The van der Waals surface area contributed by atoms with Crippen molar-refractivity contribution in [3.05, 3.63) is 108 Å². The van der Waals surface area contributed by atoms with E-state index in [1.54, 1.807) is 91.0 Å². The molecule has 1 heterocycles. The summed E-state index contributed by atoms with van der Waals surface area (Å²) in [6.45, 7) is 0.841. The molecular weight excluding hydrogens is 773 g/mol. The standard InChI is InChI=1S/C42H54N10O8/c43-35(53)25-33(40(58)52-34(41(59)60)24-28-16-8-3-9-17-28)51-39(57)32(23-27-14-6-2-7-15-27)50-38(56)31(22-26-12-4-1-5-13-26)49-37(55)30(19-11-21-47-42(44)45)48-36(54)29-18-10-20-46-29/h1-9,12-17,29-34,46H,10-11,18-25H2,(H2,43,53)(H,48,54)(H,49,55)(H,50,56)(H,51,57)(H,52,58)(H,59,60)(H4,44,45,47)/t29-,30-,31-,32-,33-,34-/m0/s1. The van der Waals surface area contributed by atoms with Gasteiger partial charge in [-0.05, 0) is 48.9 Å². The molecule has 18 nitrogen and oxygen atoms in total. The van der Waals surface area contributed by atoms with Gasteiger partial charge in [-0.15, -0.1) is 0 Å². The lowest BCUT2D eigenvalue weighted by molar-refractivity contribution is -0.142. The zero-order valence-electron chi connectivity index (χ0n) is 33.2. The third-order valence-electron chi connectivity index (χ3n) is 9.72. The highest BCUT2D eigenvalue weighted by Gasteiger charge is 2.34. The van der Waals surface area contributed by atoms with Gasteiger partial charge in [0, 0.05) is 25.8 Å². The molecular formula is C42H54N10O8. The predicted octanol–water partition coefficient (Wildman–Crippen LogP) is -1.10. The lowest BCUT2D eigenvalue weighted by atomic mass is 10.0. The van der Waals surface area contributed by atoms with Crippen molar-refractivity contribution in [2.45, 2.75) is 87.6 Å². The molecule has 0 radical (unpaired) electrons. The van der Waals surface area contributed by atoms with Crippen LogP contribution in [0.25, 0.3) is 0 Å². The molecule has 0 bridgehead atoms. The molecule has 1 fully saturated rings. The van der Waals surface area contributed by atoms with E-state index in [4.69, 9.17) is 17.2 Å². The smallest absolute Gasteiger partial charge is 0.326 e. The van der Waals surface area contributed by atoms with Crippen LogP contribution in [0, 0.1) is 0 Å². The molecule has 6 atom stereocenters. The number of nitrogens with two attached hydrogens (primary N) is 3. The van der Waals surface area contributed by atoms with Crippen LogP contribution in [0.15, 0.2) is 96.0 Å². The second kappa shape index (κ2) is 23.6. The summed E-state index contributed by atoms with van der Waals surface area (Å²) in [5.41, 5.74) is 18.3. The topological polar surface area (TPSA) is 302 Å². The second-order valence-corrected chi connectivity index (χ2v) is 14.5. The number of carbonyl (C=O) groups excluding carboxylic acids is 6. The maximum Gasteiger partial charge on any atom is 0.326 e. The van der Waals surface area contributed by atoms with Crippen molar-refractivity contribution in [3.63, 3.8) is 0 Å². The Morgan fingerprint density at radius 1 is 0.617 bits per heavy atom. The van der Waals surface area contributed by atoms with E-state index in [0.29, 0.717) is 36.1 Å². The minimum atomic E-state index is -1.61. The van der Waals surface area contributed by atoms with Gasteiger partial charge in [0.25, 0.3) is 0 Å². The van der Waals surface area contributed by atoms with Gasteiger partial charge in [0.2, 0.25) is 35.4 Å². The molecule has 0 saturated carbocycles. The van der Waals surface area contributed by atoms with Crippen LogP contribution in [-0.4, -0.2) is 102 Å². The molecule has 0 aromatic heterocycles. The first kappa shape index (κ1) is 45.9. The molecule has 3 aromatic rings. The Bertz CT molecular complexity index is 1940. The van der Waals surface area contributed by atoms with Gasteiger partial charge in [-0.3, -0.25) is 33.8 Å². The summed E-state index contributed by atoms with van der Waals surface area (Å²) >= 11 is 0. The van der Waals surface area contributed by atoms with Crippen LogP contribution in [0.4, 0.5) is 0 Å². The predicted molar refractivity (Wildman–Crippen MR) is 222 cm³/mol. The molecule has 18 heteroatoms. The van der Waals surface area contributed by atoms with Crippen LogP contribution >= 0.6 is 0 Å². The lowest BCUT2D eigenvalue weighted by Gasteiger charge is -2.27. The molecule has 60 heavy (non-hydrogen) atoms. The van der Waals surface area contributed by atoms with Crippen molar-refractivity contribution in [1.29, 1.82) is 0 Å². The Kier molecular flexibility index (Phi) is 18.0. The molecule has 1 aliphatic heterocycles. The largest absolute Gasteiger partial charge is 0.480 e. The van der Waals surface area contributed by atoms with Crippen LogP contribution in [-0.2, 0) is 52.8 Å². The number of aliphatic carboxylic acids is 1. The number of carboxylic acids is 1. The minimum Gasteiger partial charge on any atom is -0.480 e. The quantitative estimate of drug-likeness (QED) is 0.0311. The van der Waals surface area contributed by atoms with E-state index in [2.05, 4.69) is 36.9 Å². The summed E-state index contributed by atoms with van der Waals surface area (Å²) in [5.74, 6) is -6.09. The number of amides is 6. The number of benzene rings is 3. The normalized spacial score (nSPS) is 15.8. The van der Waals surface area contributed by atoms with Gasteiger partial charge in [0.05, 0.1) is 12.5 Å². The molecule has 320 valence electrons. The zero-order valence-corrected chi connectivity index (χ0v) is 33.2. The Morgan fingerprint density at radius 3 is 1.48 bits per heavy atom. The van der Waals surface area contributed by atoms with E-state index in [1.165, 1.54) is 0 Å². The van der Waals surface area contributed by atoms with Crippen LogP contribution < -0.4 is 49.1 Å². The zero-order chi connectivity index (χ0) is 43.4. The number of nitrogens with one attached hydrogen (secondary N) is 6. The molecule has 0 aliphatic carbocycles. The van der Waals surface area contributed by atoms with Crippen LogP contribution in [0.3, 0.4) is 0 Å². The van der Waals surface area contributed by atoms with Gasteiger partial charge < -0.3 is 54.2 Å². The van der Waals surface area contributed by atoms with Crippen molar-refractivity contribution in [1.82, 2.24) is 31.9 Å². The number of carbonyl (C=O) groups is 7. The number of primary amides is 1. The SMILES string of the molecule is NC(=O)C[C@H](NC(=O)[C@H](Cc1ccccc1)NC(=O)[C@H](Cc1ccccc1)NC(=O)[C@H](CCCN=C(N)N)NC(=O)[C@@H]1CCCN1)C(=O)N[C@@H](Cc1ccccc1)C(=O)O. The fourth-order valence-electron chi connectivity index (χ4n) is 6.62. The van der Waals surface area contributed by atoms with Gasteiger partial charge in [-0.25, -0.2) is 4.79 Å². The second-order valence-electron chi connectivity index (χ2n) is 14.5. The van der Waals surface area contributed by atoms with Crippen LogP contribution in [0.5, 0.6) is 0 Å². The van der Waals surface area contributed by atoms with Crippen molar-refractivity contribution in [2.24, 2.45) is 22.2 Å². The van der Waals surface area contributed by atoms with Crippen LogP contribution in [0.1, 0.15) is 48.8 Å². The van der Waals surface area contributed by atoms with E-state index in [9.17, 15) is 38.7 Å². The molecule has 6 amide bonds. The number of guanidine groups is 1. The van der Waals surface area contributed by atoms with Crippen molar-refractivity contribution in [3.8, 4) is 0 Å². The van der Waals surface area contributed by atoms with Gasteiger partial charge >= 0.3 is 5.97 Å². The Labute approximate surface area is 347 Å². The Balaban J connectivity index is 1.58. The highest BCUT2D eigenvalue weighted by Crippen LogP contribution is 2.11. The first-order valence-electron chi connectivity index (χ1n) is 19.7. The monoisotopic (exact) mass is 826 g/mol. The molecule has 0 unspecified atom stereocenters. The number of nitrogens with zero attached hydrogens (tertiary/aromatic N) is 1. The third kappa shape index (κ3) is 15.5. The summed E-state index contributed by atoms with van der Waals surface area (Å²) in [5, 5.41) is 26.2. The highest BCUT2D eigenvalue weighted by molar-refractivity contribution is 5.97. The molecule has 3 aromatic carbocycles.